The van der Waals surface area contributed by atoms with Crippen LogP contribution in [0.2, 0.25) is 0 Å². The SMILES string of the molecule is CC(C)c1ccc(N2CC(c3nc(-c4cccs4)no3)CC2=O)cc1. The highest BCUT2D eigenvalue weighted by atomic mass is 32.1. The van der Waals surface area contributed by atoms with Crippen LogP contribution in [0.5, 0.6) is 0 Å². The van der Waals surface area contributed by atoms with Crippen molar-refractivity contribution in [3.63, 3.8) is 0 Å². The first-order valence-electron chi connectivity index (χ1n) is 8.39. The Kier molecular flexibility index (Phi) is 4.13. The lowest BCUT2D eigenvalue weighted by Crippen LogP contribution is -2.24. The number of rotatable bonds is 4. The van der Waals surface area contributed by atoms with E-state index >= 15 is 0 Å². The van der Waals surface area contributed by atoms with Gasteiger partial charge >= 0.3 is 0 Å². The summed E-state index contributed by atoms with van der Waals surface area (Å²) in [6, 6.07) is 12.1. The minimum absolute atomic E-state index is 0.0570. The summed E-state index contributed by atoms with van der Waals surface area (Å²) in [5, 5.41) is 6.03. The molecule has 128 valence electrons. The van der Waals surface area contributed by atoms with Gasteiger partial charge < -0.3 is 9.42 Å². The first-order chi connectivity index (χ1) is 12.1. The molecule has 2 aromatic heterocycles. The van der Waals surface area contributed by atoms with Crippen LogP contribution < -0.4 is 4.90 Å². The van der Waals surface area contributed by atoms with Crippen LogP contribution in [0.3, 0.4) is 0 Å². The van der Waals surface area contributed by atoms with Crippen LogP contribution in [0.1, 0.15) is 43.6 Å². The van der Waals surface area contributed by atoms with E-state index in [2.05, 4.69) is 36.1 Å². The number of carbonyl (C=O) groups is 1. The van der Waals surface area contributed by atoms with Crippen molar-refractivity contribution in [2.45, 2.75) is 32.1 Å². The van der Waals surface area contributed by atoms with E-state index in [1.165, 1.54) is 5.56 Å². The van der Waals surface area contributed by atoms with E-state index in [0.717, 1.165) is 10.6 Å². The summed E-state index contributed by atoms with van der Waals surface area (Å²) in [7, 11) is 0. The molecule has 4 rings (SSSR count). The van der Waals surface area contributed by atoms with Gasteiger partial charge in [0, 0.05) is 18.7 Å². The normalized spacial score (nSPS) is 17.6. The fraction of sp³-hybridized carbons (Fsp3) is 0.316. The zero-order valence-electron chi connectivity index (χ0n) is 14.2. The van der Waals surface area contributed by atoms with Gasteiger partial charge in [-0.15, -0.1) is 11.3 Å². The fourth-order valence-electron chi connectivity index (χ4n) is 3.07. The number of anilines is 1. The topological polar surface area (TPSA) is 59.2 Å². The van der Waals surface area contributed by atoms with Gasteiger partial charge in [0.15, 0.2) is 0 Å². The third-order valence-electron chi connectivity index (χ3n) is 4.53. The zero-order valence-corrected chi connectivity index (χ0v) is 15.0. The third-order valence-corrected chi connectivity index (χ3v) is 5.39. The molecule has 1 saturated heterocycles. The molecule has 0 radical (unpaired) electrons. The second-order valence-corrected chi connectivity index (χ2v) is 7.53. The smallest absolute Gasteiger partial charge is 0.232 e. The summed E-state index contributed by atoms with van der Waals surface area (Å²) in [4.78, 5) is 19.7. The number of nitrogens with zero attached hydrogens (tertiary/aromatic N) is 3. The van der Waals surface area contributed by atoms with Crippen molar-refractivity contribution in [3.05, 3.63) is 53.2 Å². The monoisotopic (exact) mass is 353 g/mol. The number of benzene rings is 1. The molecule has 1 aliphatic rings. The van der Waals surface area contributed by atoms with Crippen molar-refractivity contribution < 1.29 is 9.32 Å². The van der Waals surface area contributed by atoms with Crippen LogP contribution in [0.15, 0.2) is 46.3 Å². The highest BCUT2D eigenvalue weighted by molar-refractivity contribution is 7.13. The Balaban J connectivity index is 1.52. The quantitative estimate of drug-likeness (QED) is 0.696. The minimum atomic E-state index is -0.0570. The maximum atomic E-state index is 12.5. The molecule has 3 heterocycles. The molecule has 0 saturated carbocycles. The highest BCUT2D eigenvalue weighted by Crippen LogP contribution is 2.33. The fourth-order valence-corrected chi connectivity index (χ4v) is 3.72. The standard InChI is InChI=1S/C19H19N3O2S/c1-12(2)13-5-7-15(8-6-13)22-11-14(10-17(22)23)19-20-18(21-24-19)16-4-3-9-25-16/h3-9,12,14H,10-11H2,1-2H3. The van der Waals surface area contributed by atoms with E-state index in [9.17, 15) is 4.79 Å². The van der Waals surface area contributed by atoms with E-state index in [1.54, 1.807) is 11.3 Å². The molecule has 6 heteroatoms. The Morgan fingerprint density at radius 2 is 2.04 bits per heavy atom. The van der Waals surface area contributed by atoms with Gasteiger partial charge in [-0.3, -0.25) is 4.79 Å². The molecule has 1 amide bonds. The summed E-state index contributed by atoms with van der Waals surface area (Å²) in [5.74, 6) is 1.65. The van der Waals surface area contributed by atoms with Gasteiger partial charge in [0.1, 0.15) is 0 Å². The first kappa shape index (κ1) is 16.0. The number of aromatic nitrogens is 2. The lowest BCUT2D eigenvalue weighted by molar-refractivity contribution is -0.117. The number of amides is 1. The number of hydrogen-bond acceptors (Lipinski definition) is 5. The van der Waals surface area contributed by atoms with Crippen molar-refractivity contribution >= 4 is 22.9 Å². The summed E-state index contributed by atoms with van der Waals surface area (Å²) in [6.07, 6.45) is 0.401. The molecule has 1 fully saturated rings. The molecule has 5 nitrogen and oxygen atoms in total. The van der Waals surface area contributed by atoms with Gasteiger partial charge in [0.2, 0.25) is 17.6 Å². The molecule has 0 aliphatic carbocycles. The molecule has 0 spiro atoms. The second-order valence-electron chi connectivity index (χ2n) is 6.59. The predicted molar refractivity (Wildman–Crippen MR) is 97.9 cm³/mol. The number of thiophene rings is 1. The summed E-state index contributed by atoms with van der Waals surface area (Å²) in [6.45, 7) is 4.89. The Morgan fingerprint density at radius 3 is 2.72 bits per heavy atom. The molecule has 1 atom stereocenters. The predicted octanol–water partition coefficient (Wildman–Crippen LogP) is 4.44. The van der Waals surface area contributed by atoms with E-state index < -0.39 is 0 Å². The molecule has 0 N–H and O–H groups in total. The van der Waals surface area contributed by atoms with Crippen molar-refractivity contribution in [2.75, 3.05) is 11.4 Å². The van der Waals surface area contributed by atoms with Gasteiger partial charge in [-0.05, 0) is 35.1 Å². The number of hydrogen-bond donors (Lipinski definition) is 0. The van der Waals surface area contributed by atoms with E-state index in [4.69, 9.17) is 4.52 Å². The van der Waals surface area contributed by atoms with Gasteiger partial charge in [0.05, 0.1) is 10.8 Å². The van der Waals surface area contributed by atoms with Crippen LogP contribution in [0.4, 0.5) is 5.69 Å². The maximum Gasteiger partial charge on any atom is 0.232 e. The molecule has 0 bridgehead atoms. The van der Waals surface area contributed by atoms with Gasteiger partial charge in [0.25, 0.3) is 0 Å². The van der Waals surface area contributed by atoms with E-state index in [1.807, 2.05) is 34.5 Å². The minimum Gasteiger partial charge on any atom is -0.339 e. The Morgan fingerprint density at radius 1 is 1.24 bits per heavy atom. The number of carbonyl (C=O) groups excluding carboxylic acids is 1. The van der Waals surface area contributed by atoms with E-state index in [0.29, 0.717) is 30.6 Å². The molecule has 25 heavy (non-hydrogen) atoms. The Labute approximate surface area is 150 Å². The Bertz CT molecular complexity index is 868. The molecular formula is C19H19N3O2S. The second kappa shape index (κ2) is 6.44. The maximum absolute atomic E-state index is 12.5. The highest BCUT2D eigenvalue weighted by Gasteiger charge is 2.35. The molecule has 1 aliphatic heterocycles. The molecule has 1 unspecified atom stereocenters. The molecule has 1 aromatic carbocycles. The van der Waals surface area contributed by atoms with Crippen LogP contribution in [0, 0.1) is 0 Å². The summed E-state index contributed by atoms with van der Waals surface area (Å²) < 4.78 is 5.42. The first-order valence-corrected chi connectivity index (χ1v) is 9.27. The molecule has 3 aromatic rings. The van der Waals surface area contributed by atoms with Crippen LogP contribution in [-0.2, 0) is 4.79 Å². The summed E-state index contributed by atoms with van der Waals surface area (Å²) >= 11 is 1.57. The van der Waals surface area contributed by atoms with Gasteiger partial charge in [-0.25, -0.2) is 0 Å². The lowest BCUT2D eigenvalue weighted by Gasteiger charge is -2.17. The zero-order chi connectivity index (χ0) is 17.4. The van der Waals surface area contributed by atoms with Crippen molar-refractivity contribution in [3.8, 4) is 10.7 Å². The average molecular weight is 353 g/mol. The third kappa shape index (κ3) is 3.09. The summed E-state index contributed by atoms with van der Waals surface area (Å²) in [5.41, 5.74) is 2.19. The van der Waals surface area contributed by atoms with Crippen molar-refractivity contribution in [1.29, 1.82) is 0 Å². The largest absolute Gasteiger partial charge is 0.339 e. The molecular weight excluding hydrogens is 334 g/mol. The van der Waals surface area contributed by atoms with Crippen LogP contribution in [0.25, 0.3) is 10.7 Å². The van der Waals surface area contributed by atoms with Crippen LogP contribution in [-0.4, -0.2) is 22.6 Å². The van der Waals surface area contributed by atoms with E-state index in [-0.39, 0.29) is 11.8 Å². The Hall–Kier alpha value is -2.47. The van der Waals surface area contributed by atoms with Gasteiger partial charge in [-0.2, -0.15) is 4.98 Å². The van der Waals surface area contributed by atoms with Crippen LogP contribution >= 0.6 is 11.3 Å². The van der Waals surface area contributed by atoms with Crippen molar-refractivity contribution in [1.82, 2.24) is 10.1 Å². The lowest BCUT2D eigenvalue weighted by atomic mass is 10.0. The van der Waals surface area contributed by atoms with Gasteiger partial charge in [-0.1, -0.05) is 37.2 Å². The van der Waals surface area contributed by atoms with Crippen molar-refractivity contribution in [2.24, 2.45) is 0 Å². The average Bonchev–Trinajstić information content (AvgIpc) is 3.35.